The number of anilines is 2. The zero-order valence-electron chi connectivity index (χ0n) is 14.9. The van der Waals surface area contributed by atoms with Crippen LogP contribution in [0.25, 0.3) is 16.9 Å². The van der Waals surface area contributed by atoms with Crippen LogP contribution in [-0.2, 0) is 0 Å². The van der Waals surface area contributed by atoms with Gasteiger partial charge >= 0.3 is 6.36 Å². The van der Waals surface area contributed by atoms with Crippen LogP contribution in [0.3, 0.4) is 0 Å². The number of pyridine rings is 1. The van der Waals surface area contributed by atoms with Gasteiger partial charge in [-0.25, -0.2) is 9.50 Å². The van der Waals surface area contributed by atoms with E-state index in [-0.39, 0.29) is 11.7 Å². The van der Waals surface area contributed by atoms with Crippen molar-refractivity contribution >= 4 is 17.3 Å². The first-order chi connectivity index (χ1) is 13.9. The Bertz CT molecular complexity index is 1130. The molecule has 0 saturated heterocycles. The summed E-state index contributed by atoms with van der Waals surface area (Å²) in [7, 11) is 1.53. The molecule has 0 spiro atoms. The lowest BCUT2D eigenvalue weighted by molar-refractivity contribution is -0.274. The zero-order chi connectivity index (χ0) is 20.4. The maximum absolute atomic E-state index is 12.2. The van der Waals surface area contributed by atoms with Gasteiger partial charge in [0.2, 0.25) is 11.8 Å². The van der Waals surface area contributed by atoms with Crippen LogP contribution in [0.1, 0.15) is 0 Å². The van der Waals surface area contributed by atoms with Crippen LogP contribution >= 0.6 is 0 Å². The van der Waals surface area contributed by atoms with Crippen LogP contribution in [-0.4, -0.2) is 38.0 Å². The predicted octanol–water partition coefficient (Wildman–Crippen LogP) is 3.84. The van der Waals surface area contributed by atoms with E-state index in [1.165, 1.54) is 35.9 Å². The quantitative estimate of drug-likeness (QED) is 0.543. The average molecular weight is 402 g/mol. The van der Waals surface area contributed by atoms with Gasteiger partial charge < -0.3 is 14.8 Å². The Balaban J connectivity index is 1.59. The molecule has 0 amide bonds. The van der Waals surface area contributed by atoms with Crippen molar-refractivity contribution in [3.8, 4) is 22.9 Å². The highest BCUT2D eigenvalue weighted by atomic mass is 19.4. The van der Waals surface area contributed by atoms with Gasteiger partial charge in [0.25, 0.3) is 0 Å². The second-order valence-electron chi connectivity index (χ2n) is 5.77. The molecule has 29 heavy (non-hydrogen) atoms. The number of hydrogen-bond acceptors (Lipinski definition) is 7. The lowest BCUT2D eigenvalue weighted by Gasteiger charge is -2.09. The maximum atomic E-state index is 12.2. The fourth-order valence-corrected chi connectivity index (χ4v) is 2.58. The van der Waals surface area contributed by atoms with Gasteiger partial charge in [-0.15, -0.1) is 18.3 Å². The number of hydrogen-bond donors (Lipinski definition) is 1. The van der Waals surface area contributed by atoms with Gasteiger partial charge in [0.1, 0.15) is 11.4 Å². The fraction of sp³-hybridized carbons (Fsp3) is 0.111. The molecule has 0 aliphatic heterocycles. The summed E-state index contributed by atoms with van der Waals surface area (Å²) in [5.74, 6) is 0.414. The van der Waals surface area contributed by atoms with Crippen molar-refractivity contribution in [2.45, 2.75) is 6.36 Å². The summed E-state index contributed by atoms with van der Waals surface area (Å²) in [6.07, 6.45) is 0.0860. The molecule has 148 valence electrons. The number of nitrogens with one attached hydrogen (secondary N) is 1. The van der Waals surface area contributed by atoms with Gasteiger partial charge in [0, 0.05) is 35.9 Å². The number of rotatable bonds is 5. The fourth-order valence-electron chi connectivity index (χ4n) is 2.58. The third-order valence-corrected chi connectivity index (χ3v) is 3.82. The molecule has 0 saturated carbocycles. The Morgan fingerprint density at radius 2 is 1.83 bits per heavy atom. The molecule has 4 rings (SSSR count). The number of aromatic nitrogens is 5. The minimum absolute atomic E-state index is 0.255. The smallest absolute Gasteiger partial charge is 0.481 e. The Morgan fingerprint density at radius 1 is 1.03 bits per heavy atom. The first-order valence-corrected chi connectivity index (χ1v) is 8.26. The summed E-state index contributed by atoms with van der Waals surface area (Å²) in [5, 5.41) is 7.24. The van der Waals surface area contributed by atoms with Gasteiger partial charge in [-0.05, 0) is 30.3 Å². The first-order valence-electron chi connectivity index (χ1n) is 8.26. The Hall–Kier alpha value is -3.89. The van der Waals surface area contributed by atoms with E-state index in [2.05, 4.69) is 30.1 Å². The molecular weight excluding hydrogens is 389 g/mol. The van der Waals surface area contributed by atoms with Crippen molar-refractivity contribution < 1.29 is 22.6 Å². The van der Waals surface area contributed by atoms with E-state index in [1.807, 2.05) is 0 Å². The van der Waals surface area contributed by atoms with E-state index < -0.39 is 6.36 Å². The summed E-state index contributed by atoms with van der Waals surface area (Å²) in [4.78, 5) is 12.9. The summed E-state index contributed by atoms with van der Waals surface area (Å²) in [6, 6.07) is 8.76. The van der Waals surface area contributed by atoms with Crippen LogP contribution in [0, 0.1) is 0 Å². The van der Waals surface area contributed by atoms with Gasteiger partial charge in [-0.1, -0.05) is 0 Å². The SMILES string of the molecule is COc1ccc(-c2nccn3nc(Nc4ccc(OC(F)(F)F)cc4)nc23)cn1. The normalized spacial score (nSPS) is 11.4. The van der Waals surface area contributed by atoms with Crippen LogP contribution in [0.2, 0.25) is 0 Å². The van der Waals surface area contributed by atoms with Crippen molar-refractivity contribution in [1.82, 2.24) is 24.6 Å². The van der Waals surface area contributed by atoms with E-state index in [1.54, 1.807) is 30.7 Å². The molecule has 0 bridgehead atoms. The van der Waals surface area contributed by atoms with Crippen LogP contribution in [0.5, 0.6) is 11.6 Å². The van der Waals surface area contributed by atoms with Crippen LogP contribution in [0.15, 0.2) is 55.0 Å². The number of halogens is 3. The van der Waals surface area contributed by atoms with Gasteiger partial charge in [-0.2, -0.15) is 4.98 Å². The number of fused-ring (bicyclic) bond motifs is 1. The molecule has 0 fully saturated rings. The topological polar surface area (TPSA) is 86.5 Å². The highest BCUT2D eigenvalue weighted by molar-refractivity contribution is 5.74. The molecule has 0 unspecified atom stereocenters. The molecule has 3 aromatic heterocycles. The first kappa shape index (κ1) is 18.5. The third kappa shape index (κ3) is 4.18. The summed E-state index contributed by atoms with van der Waals surface area (Å²) in [6.45, 7) is 0. The predicted molar refractivity (Wildman–Crippen MR) is 97.0 cm³/mol. The van der Waals surface area contributed by atoms with Crippen molar-refractivity contribution in [1.29, 1.82) is 0 Å². The zero-order valence-corrected chi connectivity index (χ0v) is 14.9. The molecule has 4 aromatic rings. The largest absolute Gasteiger partial charge is 0.573 e. The van der Waals surface area contributed by atoms with E-state index in [0.29, 0.717) is 22.9 Å². The molecule has 1 aromatic carbocycles. The van der Waals surface area contributed by atoms with E-state index in [4.69, 9.17) is 4.74 Å². The molecule has 0 radical (unpaired) electrons. The van der Waals surface area contributed by atoms with Gasteiger partial charge in [-0.3, -0.25) is 4.98 Å². The van der Waals surface area contributed by atoms with Gasteiger partial charge in [0.05, 0.1) is 7.11 Å². The van der Waals surface area contributed by atoms with Crippen LogP contribution < -0.4 is 14.8 Å². The second kappa shape index (κ2) is 7.26. The minimum Gasteiger partial charge on any atom is -0.481 e. The Kier molecular flexibility index (Phi) is 4.63. The Labute approximate surface area is 162 Å². The lowest BCUT2D eigenvalue weighted by atomic mass is 10.2. The molecule has 3 heterocycles. The van der Waals surface area contributed by atoms with Crippen molar-refractivity contribution in [3.05, 3.63) is 55.0 Å². The molecule has 0 aliphatic carbocycles. The van der Waals surface area contributed by atoms with Crippen LogP contribution in [0.4, 0.5) is 24.8 Å². The molecule has 0 atom stereocenters. The number of benzene rings is 1. The molecule has 8 nitrogen and oxygen atoms in total. The highest BCUT2D eigenvalue weighted by Crippen LogP contribution is 2.26. The average Bonchev–Trinajstić information content (AvgIpc) is 3.11. The maximum Gasteiger partial charge on any atom is 0.573 e. The van der Waals surface area contributed by atoms with Gasteiger partial charge in [0.15, 0.2) is 5.65 Å². The monoisotopic (exact) mass is 402 g/mol. The van der Waals surface area contributed by atoms with Crippen molar-refractivity contribution in [2.24, 2.45) is 0 Å². The summed E-state index contributed by atoms with van der Waals surface area (Å²) < 4.78 is 47.2. The molecule has 11 heteroatoms. The number of alkyl halides is 3. The second-order valence-corrected chi connectivity index (χ2v) is 5.77. The molecule has 0 aliphatic rings. The molecular formula is C18H13F3N6O2. The Morgan fingerprint density at radius 3 is 2.48 bits per heavy atom. The summed E-state index contributed by atoms with van der Waals surface area (Å²) >= 11 is 0. The van der Waals surface area contributed by atoms with E-state index in [0.717, 1.165) is 5.56 Å². The number of nitrogens with zero attached hydrogens (tertiary/aromatic N) is 5. The van der Waals surface area contributed by atoms with Crippen molar-refractivity contribution in [3.63, 3.8) is 0 Å². The number of methoxy groups -OCH3 is 1. The van der Waals surface area contributed by atoms with E-state index in [9.17, 15) is 13.2 Å². The summed E-state index contributed by atoms with van der Waals surface area (Å²) in [5.41, 5.74) is 2.27. The van der Waals surface area contributed by atoms with E-state index >= 15 is 0 Å². The lowest BCUT2D eigenvalue weighted by Crippen LogP contribution is -2.16. The standard InChI is InChI=1S/C18H13F3N6O2/c1-28-14-7-2-11(10-23-14)15-16-25-17(26-27(16)9-8-22-15)24-12-3-5-13(6-4-12)29-18(19,20)21/h2-10H,1H3,(H,24,26). The minimum atomic E-state index is -4.74. The third-order valence-electron chi connectivity index (χ3n) is 3.82. The molecule has 1 N–H and O–H groups in total. The van der Waals surface area contributed by atoms with Crippen molar-refractivity contribution in [2.75, 3.05) is 12.4 Å². The highest BCUT2D eigenvalue weighted by Gasteiger charge is 2.30. The number of ether oxygens (including phenoxy) is 2.